The molecule has 0 saturated carbocycles. The second kappa shape index (κ2) is 51.0. The van der Waals surface area contributed by atoms with Crippen LogP contribution in [-0.2, 0) is 28.6 Å². The maximum absolute atomic E-state index is 12.8. The monoisotopic (exact) mass is 875 g/mol. The molecule has 0 bridgehead atoms. The molecule has 1 unspecified atom stereocenters. The quantitative estimate of drug-likeness (QED) is 0.0199. The van der Waals surface area contributed by atoms with Crippen LogP contribution in [0.25, 0.3) is 0 Å². The van der Waals surface area contributed by atoms with Crippen LogP contribution in [0.2, 0.25) is 0 Å². The van der Waals surface area contributed by atoms with Crippen LogP contribution in [0.3, 0.4) is 0 Å². The molecule has 0 aromatic heterocycles. The van der Waals surface area contributed by atoms with Crippen LogP contribution in [0, 0.1) is 0 Å². The van der Waals surface area contributed by atoms with Crippen molar-refractivity contribution in [3.63, 3.8) is 0 Å². The molecule has 0 fully saturated rings. The number of carbonyl (C=O) groups excluding carboxylic acids is 3. The third kappa shape index (κ3) is 49.2. The summed E-state index contributed by atoms with van der Waals surface area (Å²) >= 11 is 0. The molecule has 0 aliphatic heterocycles. The van der Waals surface area contributed by atoms with Crippen molar-refractivity contribution in [2.24, 2.45) is 0 Å². The summed E-state index contributed by atoms with van der Waals surface area (Å²) in [6, 6.07) is 0. The standard InChI is InChI=1S/C57H94O6/c1-4-7-10-13-16-19-22-25-27-29-32-35-38-41-44-47-50-56(59)62-53-54(52-61-55(58)49-46-43-40-37-34-31-24-21-18-15-12-9-6-3)63-57(60)51-48-45-42-39-36-33-30-28-26-23-20-17-14-11-8-5-2/h7,9-10,12,15-16,18-19,21,24-25,27,31,34,37,40,54H,4-6,8,11,13-14,17,20,22-23,26,28-30,32-33,35-36,38-39,41-53H2,1-3H3/b10-7-,12-9-,18-15-,19-16-,24-21-,27-25-,34-31-,40-37-. The number of allylic oxidation sites excluding steroid dienone is 16. The lowest BCUT2D eigenvalue weighted by Gasteiger charge is -2.18. The molecule has 6 heteroatoms. The van der Waals surface area contributed by atoms with E-state index in [0.29, 0.717) is 19.3 Å². The normalized spacial score (nSPS) is 12.9. The average molecular weight is 875 g/mol. The maximum atomic E-state index is 12.8. The molecule has 358 valence electrons. The van der Waals surface area contributed by atoms with Crippen molar-refractivity contribution in [1.82, 2.24) is 0 Å². The van der Waals surface area contributed by atoms with Crippen LogP contribution >= 0.6 is 0 Å². The number of rotatable bonds is 45. The number of hydrogen-bond acceptors (Lipinski definition) is 6. The smallest absolute Gasteiger partial charge is 0.306 e. The van der Waals surface area contributed by atoms with Gasteiger partial charge in [-0.1, -0.05) is 240 Å². The summed E-state index contributed by atoms with van der Waals surface area (Å²) in [7, 11) is 0. The van der Waals surface area contributed by atoms with Crippen molar-refractivity contribution in [1.29, 1.82) is 0 Å². The fourth-order valence-electron chi connectivity index (χ4n) is 6.90. The number of hydrogen-bond donors (Lipinski definition) is 0. The molecule has 1 atom stereocenters. The number of ether oxygens (including phenoxy) is 3. The molecule has 0 radical (unpaired) electrons. The van der Waals surface area contributed by atoms with E-state index in [0.717, 1.165) is 83.5 Å². The summed E-state index contributed by atoms with van der Waals surface area (Å²) in [5, 5.41) is 0. The Balaban J connectivity index is 4.48. The van der Waals surface area contributed by atoms with Crippen molar-refractivity contribution in [3.05, 3.63) is 97.2 Å². The molecule has 0 saturated heterocycles. The third-order valence-corrected chi connectivity index (χ3v) is 10.7. The molecule has 0 rings (SSSR count). The fourth-order valence-corrected chi connectivity index (χ4v) is 6.90. The largest absolute Gasteiger partial charge is 0.462 e. The minimum Gasteiger partial charge on any atom is -0.462 e. The second-order valence-electron chi connectivity index (χ2n) is 16.8. The van der Waals surface area contributed by atoms with E-state index in [1.165, 1.54) is 96.3 Å². The zero-order valence-corrected chi connectivity index (χ0v) is 40.8. The summed E-state index contributed by atoms with van der Waals surface area (Å²) in [6.45, 7) is 6.31. The SMILES string of the molecule is CC\C=C/C=C\C=C/C=C\C=C/CCCC(=O)OCC(COC(=O)CCCCCCCC/C=C\C/C=C\C/C=C\CC)OC(=O)CCCCCCCCCCCCCCCCCC. The van der Waals surface area contributed by atoms with Gasteiger partial charge in [0.05, 0.1) is 0 Å². The molecule has 0 N–H and O–H groups in total. The summed E-state index contributed by atoms with van der Waals surface area (Å²) in [6.07, 6.45) is 66.8. The maximum Gasteiger partial charge on any atom is 0.306 e. The van der Waals surface area contributed by atoms with E-state index < -0.39 is 6.10 Å². The molecule has 0 amide bonds. The molecule has 0 heterocycles. The summed E-state index contributed by atoms with van der Waals surface area (Å²) in [5.74, 6) is -0.995. The lowest BCUT2D eigenvalue weighted by atomic mass is 10.0. The Morgan fingerprint density at radius 2 is 0.714 bits per heavy atom. The van der Waals surface area contributed by atoms with Gasteiger partial charge in [0.1, 0.15) is 13.2 Å². The first kappa shape index (κ1) is 59.3. The highest BCUT2D eigenvalue weighted by molar-refractivity contribution is 5.71. The van der Waals surface area contributed by atoms with Crippen molar-refractivity contribution in [2.45, 2.75) is 232 Å². The van der Waals surface area contributed by atoms with Crippen LogP contribution in [0.1, 0.15) is 226 Å². The molecule has 0 spiro atoms. The first-order chi connectivity index (χ1) is 31.0. The zero-order valence-electron chi connectivity index (χ0n) is 40.8. The Labute approximate surface area is 387 Å². The molecule has 63 heavy (non-hydrogen) atoms. The lowest BCUT2D eigenvalue weighted by molar-refractivity contribution is -0.167. The van der Waals surface area contributed by atoms with Gasteiger partial charge in [-0.25, -0.2) is 0 Å². The van der Waals surface area contributed by atoms with Crippen LogP contribution in [0.5, 0.6) is 0 Å². The van der Waals surface area contributed by atoms with Gasteiger partial charge >= 0.3 is 17.9 Å². The predicted molar refractivity (Wildman–Crippen MR) is 270 cm³/mol. The average Bonchev–Trinajstić information content (AvgIpc) is 3.28. The van der Waals surface area contributed by atoms with Crippen LogP contribution < -0.4 is 0 Å². The molecule has 6 nitrogen and oxygen atoms in total. The van der Waals surface area contributed by atoms with E-state index >= 15 is 0 Å². The third-order valence-electron chi connectivity index (χ3n) is 10.7. The summed E-state index contributed by atoms with van der Waals surface area (Å²) in [5.41, 5.74) is 0. The van der Waals surface area contributed by atoms with Crippen molar-refractivity contribution >= 4 is 17.9 Å². The van der Waals surface area contributed by atoms with Crippen LogP contribution in [-0.4, -0.2) is 37.2 Å². The van der Waals surface area contributed by atoms with Gasteiger partial charge in [-0.3, -0.25) is 14.4 Å². The van der Waals surface area contributed by atoms with Gasteiger partial charge in [-0.2, -0.15) is 0 Å². The van der Waals surface area contributed by atoms with Gasteiger partial charge in [-0.15, -0.1) is 0 Å². The van der Waals surface area contributed by atoms with Gasteiger partial charge in [-0.05, 0) is 64.2 Å². The molecule has 0 aliphatic carbocycles. The van der Waals surface area contributed by atoms with E-state index in [1.54, 1.807) is 0 Å². The van der Waals surface area contributed by atoms with Gasteiger partial charge in [0, 0.05) is 19.3 Å². The molecule has 0 aliphatic rings. The van der Waals surface area contributed by atoms with E-state index in [9.17, 15) is 14.4 Å². The molecule has 0 aromatic carbocycles. The van der Waals surface area contributed by atoms with Gasteiger partial charge in [0.15, 0.2) is 6.10 Å². The van der Waals surface area contributed by atoms with Gasteiger partial charge in [0.25, 0.3) is 0 Å². The number of unbranched alkanes of at least 4 members (excludes halogenated alkanes) is 22. The number of esters is 3. The van der Waals surface area contributed by atoms with Crippen LogP contribution in [0.15, 0.2) is 97.2 Å². The molecular weight excluding hydrogens is 781 g/mol. The minimum atomic E-state index is -0.810. The Morgan fingerprint density at radius 1 is 0.349 bits per heavy atom. The molecular formula is C57H94O6. The minimum absolute atomic E-state index is 0.106. The zero-order chi connectivity index (χ0) is 45.8. The predicted octanol–water partition coefficient (Wildman–Crippen LogP) is 17.0. The summed E-state index contributed by atoms with van der Waals surface area (Å²) < 4.78 is 16.7. The van der Waals surface area contributed by atoms with Crippen molar-refractivity contribution in [2.75, 3.05) is 13.2 Å². The Bertz CT molecular complexity index is 1280. The highest BCUT2D eigenvalue weighted by Crippen LogP contribution is 2.15. The highest BCUT2D eigenvalue weighted by atomic mass is 16.6. The van der Waals surface area contributed by atoms with Crippen LogP contribution in [0.4, 0.5) is 0 Å². The van der Waals surface area contributed by atoms with Crippen molar-refractivity contribution in [3.8, 4) is 0 Å². The van der Waals surface area contributed by atoms with E-state index in [-0.39, 0.29) is 37.5 Å². The first-order valence-corrected chi connectivity index (χ1v) is 25.8. The topological polar surface area (TPSA) is 78.9 Å². The van der Waals surface area contributed by atoms with Gasteiger partial charge in [0.2, 0.25) is 0 Å². The lowest BCUT2D eigenvalue weighted by Crippen LogP contribution is -2.30. The van der Waals surface area contributed by atoms with E-state index in [1.807, 2.05) is 54.7 Å². The van der Waals surface area contributed by atoms with Crippen molar-refractivity contribution < 1.29 is 28.6 Å². The van der Waals surface area contributed by atoms with E-state index in [2.05, 4.69) is 63.3 Å². The molecule has 0 aromatic rings. The highest BCUT2D eigenvalue weighted by Gasteiger charge is 2.19. The second-order valence-corrected chi connectivity index (χ2v) is 16.8. The van der Waals surface area contributed by atoms with Gasteiger partial charge < -0.3 is 14.2 Å². The Kier molecular flexibility index (Phi) is 48.0. The Hall–Kier alpha value is -3.67. The Morgan fingerprint density at radius 3 is 1.21 bits per heavy atom. The number of carbonyl (C=O) groups is 3. The fraction of sp³-hybridized carbons (Fsp3) is 0.667. The van der Waals surface area contributed by atoms with E-state index in [4.69, 9.17) is 14.2 Å². The summed E-state index contributed by atoms with van der Waals surface area (Å²) in [4.78, 5) is 38.0. The first-order valence-electron chi connectivity index (χ1n) is 25.8.